The first kappa shape index (κ1) is 31.1. The molecule has 1 unspecified atom stereocenters. The lowest BCUT2D eigenvalue weighted by Crippen LogP contribution is -2.29. The van der Waals surface area contributed by atoms with Gasteiger partial charge in [0.2, 0.25) is 0 Å². The summed E-state index contributed by atoms with van der Waals surface area (Å²) in [5.41, 5.74) is 1.79. The minimum absolute atomic E-state index is 0.0744. The van der Waals surface area contributed by atoms with Gasteiger partial charge in [-0.05, 0) is 61.6 Å². The van der Waals surface area contributed by atoms with Gasteiger partial charge in [0.15, 0.2) is 23.9 Å². The standard InChI is InChI=1S/C19H17Cl2F2NO4.C10H8FNO2/c20-14-7-24-8-15(21)13(14)6-17(27-10-25)12-3-4-16(28-19(22)23)18(5-12)26-9-11-1-2-11;1-2-12-8-4-3-6(11)5-7(8)9(13)10(12)14/h3-5,7-8,10-11,17,19H,1-2,6,9H2;3-5H,2H2,1H3/p+1. The van der Waals surface area contributed by atoms with E-state index in [9.17, 15) is 27.6 Å². The van der Waals surface area contributed by atoms with E-state index in [-0.39, 0.29) is 23.5 Å². The summed E-state index contributed by atoms with van der Waals surface area (Å²) in [5.74, 6) is -1.18. The number of nitrogens with zero attached hydrogens (tertiary/aromatic N) is 1. The SMILES string of the molecule is CCN1C(=O)C(=O)c2cc(F)ccc21.O=COC(Cc1c(Cl)c[nH+]cc1Cl)c1ccc(OC(F)F)c(OCC2CC2)c1. The largest absolute Gasteiger partial charge is 0.489 e. The van der Waals surface area contributed by atoms with Crippen LogP contribution >= 0.6 is 23.2 Å². The number of hydrogen-bond acceptors (Lipinski definition) is 6. The number of ketones is 1. The molecule has 2 aliphatic rings. The van der Waals surface area contributed by atoms with Gasteiger partial charge in [0.25, 0.3) is 18.2 Å². The van der Waals surface area contributed by atoms with Gasteiger partial charge in [0.1, 0.15) is 22.0 Å². The number of rotatable bonds is 11. The summed E-state index contributed by atoms with van der Waals surface area (Å²) < 4.78 is 53.6. The third-order valence-corrected chi connectivity index (χ3v) is 7.26. The molecule has 2 heterocycles. The molecule has 5 rings (SSSR count). The summed E-state index contributed by atoms with van der Waals surface area (Å²) in [6, 6.07) is 8.24. The fraction of sp³-hybridized carbons (Fsp3) is 0.310. The Morgan fingerprint density at radius 3 is 2.40 bits per heavy atom. The van der Waals surface area contributed by atoms with E-state index in [4.69, 9.17) is 32.7 Å². The third-order valence-electron chi connectivity index (χ3n) is 6.58. The van der Waals surface area contributed by atoms with E-state index >= 15 is 0 Å². The smallest absolute Gasteiger partial charge is 0.387 e. The van der Waals surface area contributed by atoms with Gasteiger partial charge in [-0.1, -0.05) is 29.3 Å². The molecule has 8 nitrogen and oxygen atoms in total. The molecular formula is C29H26Cl2F3N2O6+. The highest BCUT2D eigenvalue weighted by molar-refractivity contribution is 6.52. The number of pyridine rings is 1. The van der Waals surface area contributed by atoms with Crippen LogP contribution in [0, 0.1) is 11.7 Å². The van der Waals surface area contributed by atoms with E-state index in [1.54, 1.807) is 19.3 Å². The third kappa shape index (κ3) is 7.51. The number of benzene rings is 2. The average Bonchev–Trinajstić information content (AvgIpc) is 3.76. The topological polar surface area (TPSA) is 96.3 Å². The lowest BCUT2D eigenvalue weighted by Gasteiger charge is -2.19. The number of Topliss-reactive ketones (excluding diaryl/α,β-unsaturated/α-hetero) is 1. The van der Waals surface area contributed by atoms with Crippen molar-refractivity contribution in [3.8, 4) is 11.5 Å². The molecule has 1 aliphatic carbocycles. The second kappa shape index (κ2) is 13.9. The number of nitrogens with one attached hydrogen (secondary N) is 1. The zero-order valence-corrected chi connectivity index (χ0v) is 23.8. The van der Waals surface area contributed by atoms with Crippen LogP contribution in [-0.4, -0.2) is 37.9 Å². The van der Waals surface area contributed by atoms with Gasteiger partial charge < -0.3 is 19.1 Å². The fourth-order valence-corrected chi connectivity index (χ4v) is 4.81. The van der Waals surface area contributed by atoms with Crippen molar-refractivity contribution in [2.24, 2.45) is 5.92 Å². The first-order chi connectivity index (χ1) is 20.1. The summed E-state index contributed by atoms with van der Waals surface area (Å²) in [6.45, 7) is -0.0637. The minimum atomic E-state index is -2.98. The molecule has 3 aromatic rings. The van der Waals surface area contributed by atoms with Crippen LogP contribution < -0.4 is 19.4 Å². The molecule has 1 aromatic heterocycles. The monoisotopic (exact) mass is 625 g/mol. The van der Waals surface area contributed by atoms with E-state index in [1.807, 2.05) is 0 Å². The second-order valence-electron chi connectivity index (χ2n) is 9.43. The molecule has 1 N–H and O–H groups in total. The Morgan fingerprint density at radius 2 is 1.79 bits per heavy atom. The highest BCUT2D eigenvalue weighted by Crippen LogP contribution is 2.37. The summed E-state index contributed by atoms with van der Waals surface area (Å²) in [6.07, 6.45) is 4.67. The zero-order chi connectivity index (χ0) is 30.4. The van der Waals surface area contributed by atoms with Crippen molar-refractivity contribution in [3.05, 3.63) is 81.3 Å². The predicted molar refractivity (Wildman–Crippen MR) is 147 cm³/mol. The van der Waals surface area contributed by atoms with Crippen molar-refractivity contribution in [1.29, 1.82) is 0 Å². The first-order valence-electron chi connectivity index (χ1n) is 12.9. The van der Waals surface area contributed by atoms with Gasteiger partial charge in [-0.15, -0.1) is 0 Å². The molecule has 42 heavy (non-hydrogen) atoms. The van der Waals surface area contributed by atoms with Crippen LogP contribution in [0.2, 0.25) is 10.0 Å². The van der Waals surface area contributed by atoms with E-state index in [2.05, 4.69) is 9.72 Å². The highest BCUT2D eigenvalue weighted by Gasteiger charge is 2.34. The normalized spacial score (nSPS) is 14.7. The van der Waals surface area contributed by atoms with Gasteiger partial charge in [-0.2, -0.15) is 8.78 Å². The van der Waals surface area contributed by atoms with Gasteiger partial charge in [-0.25, -0.2) is 9.37 Å². The molecule has 0 saturated heterocycles. The maximum atomic E-state index is 12.8. The summed E-state index contributed by atoms with van der Waals surface area (Å²) >= 11 is 12.4. The number of likely N-dealkylation sites (N-methyl/N-ethyl adjacent to an activating group) is 1. The van der Waals surface area contributed by atoms with E-state index in [1.165, 1.54) is 35.2 Å². The molecule has 0 spiro atoms. The lowest BCUT2D eigenvalue weighted by molar-refractivity contribution is -0.377. The van der Waals surface area contributed by atoms with Gasteiger partial charge >= 0.3 is 6.61 Å². The highest BCUT2D eigenvalue weighted by atomic mass is 35.5. The molecule has 1 atom stereocenters. The number of amides is 1. The predicted octanol–water partition coefficient (Wildman–Crippen LogP) is 6.03. The summed E-state index contributed by atoms with van der Waals surface area (Å²) in [5, 5.41) is 0.768. The van der Waals surface area contributed by atoms with Crippen LogP contribution in [0.5, 0.6) is 11.5 Å². The number of alkyl halides is 2. The fourth-order valence-electron chi connectivity index (χ4n) is 4.28. The number of hydrogen-bond donors (Lipinski definition) is 0. The Kier molecular flexibility index (Phi) is 10.3. The number of carbonyl (C=O) groups is 3. The molecule has 0 radical (unpaired) electrons. The number of anilines is 1. The number of ether oxygens (including phenoxy) is 3. The Bertz CT molecular complexity index is 1450. The quantitative estimate of drug-likeness (QED) is 0.191. The number of H-pyrrole nitrogens is 1. The van der Waals surface area contributed by atoms with Crippen molar-refractivity contribution in [2.75, 3.05) is 18.1 Å². The maximum absolute atomic E-state index is 12.8. The van der Waals surface area contributed by atoms with E-state index < -0.39 is 30.2 Å². The van der Waals surface area contributed by atoms with Crippen molar-refractivity contribution in [3.63, 3.8) is 0 Å². The van der Waals surface area contributed by atoms with E-state index in [0.29, 0.717) is 52.4 Å². The molecule has 1 fully saturated rings. The number of fused-ring (bicyclic) bond motifs is 1. The molecule has 13 heteroatoms. The van der Waals surface area contributed by atoms with Gasteiger partial charge in [0.05, 0.1) is 17.9 Å². The number of carbonyl (C=O) groups excluding carboxylic acids is 3. The Balaban J connectivity index is 0.000000241. The van der Waals surface area contributed by atoms with Crippen molar-refractivity contribution >= 4 is 47.1 Å². The Labute approximate surface area is 249 Å². The van der Waals surface area contributed by atoms with Crippen LogP contribution in [0.1, 0.15) is 47.4 Å². The van der Waals surface area contributed by atoms with Crippen LogP contribution in [-0.2, 0) is 20.7 Å². The molecule has 0 bridgehead atoms. The summed E-state index contributed by atoms with van der Waals surface area (Å²) in [4.78, 5) is 37.9. The molecular weight excluding hydrogens is 600 g/mol. The first-order valence-corrected chi connectivity index (χ1v) is 13.7. The van der Waals surface area contributed by atoms with Crippen molar-refractivity contribution in [1.82, 2.24) is 0 Å². The molecule has 1 saturated carbocycles. The zero-order valence-electron chi connectivity index (χ0n) is 22.3. The number of aromatic amines is 1. The van der Waals surface area contributed by atoms with Crippen LogP contribution in [0.25, 0.3) is 0 Å². The molecule has 1 amide bonds. The van der Waals surface area contributed by atoms with Gasteiger partial charge in [-0.3, -0.25) is 14.4 Å². The Hall–Kier alpha value is -3.83. The second-order valence-corrected chi connectivity index (χ2v) is 10.2. The maximum Gasteiger partial charge on any atom is 0.387 e. The minimum Gasteiger partial charge on any atom is -0.489 e. The van der Waals surface area contributed by atoms with Crippen LogP contribution in [0.3, 0.4) is 0 Å². The number of halogens is 5. The number of aromatic nitrogens is 1. The molecule has 1 aliphatic heterocycles. The van der Waals surface area contributed by atoms with Crippen molar-refractivity contribution in [2.45, 2.75) is 38.9 Å². The summed E-state index contributed by atoms with van der Waals surface area (Å²) in [7, 11) is 0. The molecule has 2 aromatic carbocycles. The lowest BCUT2D eigenvalue weighted by atomic mass is 10.0. The van der Waals surface area contributed by atoms with Crippen LogP contribution in [0.15, 0.2) is 48.8 Å². The average molecular weight is 626 g/mol. The Morgan fingerprint density at radius 1 is 1.07 bits per heavy atom. The van der Waals surface area contributed by atoms with E-state index in [0.717, 1.165) is 18.9 Å². The van der Waals surface area contributed by atoms with Crippen molar-refractivity contribution < 1.29 is 46.7 Å². The molecule has 222 valence electrons. The van der Waals surface area contributed by atoms with Crippen LogP contribution in [0.4, 0.5) is 18.9 Å². The van der Waals surface area contributed by atoms with Gasteiger partial charge in [0, 0.05) is 18.5 Å².